The van der Waals surface area contributed by atoms with E-state index in [1.165, 1.54) is 11.3 Å². The van der Waals surface area contributed by atoms with Crippen LogP contribution in [0.2, 0.25) is 0 Å². The highest BCUT2D eigenvalue weighted by atomic mass is 79.9. The van der Waals surface area contributed by atoms with E-state index in [-0.39, 0.29) is 11.9 Å². The molecule has 17 heavy (non-hydrogen) atoms. The summed E-state index contributed by atoms with van der Waals surface area (Å²) in [5.74, 6) is 0.618. The third-order valence-electron chi connectivity index (χ3n) is 2.88. The van der Waals surface area contributed by atoms with Gasteiger partial charge in [0.05, 0.1) is 4.88 Å². The molecule has 2 rings (SSSR count). The summed E-state index contributed by atoms with van der Waals surface area (Å²) in [5, 5.41) is 4.95. The molecule has 5 heteroatoms. The summed E-state index contributed by atoms with van der Waals surface area (Å²) in [6, 6.07) is 2.06. The molecule has 1 saturated heterocycles. The quantitative estimate of drug-likeness (QED) is 0.926. The Morgan fingerprint density at radius 2 is 2.59 bits per heavy atom. The normalized spacial score (nSPS) is 21.4. The van der Waals surface area contributed by atoms with E-state index in [1.54, 1.807) is 0 Å². The molecular weight excluding hydrogens is 302 g/mol. The van der Waals surface area contributed by atoms with Gasteiger partial charge in [-0.15, -0.1) is 11.3 Å². The molecular formula is C12H16BrNO2S. The number of halogens is 1. The molecule has 1 aromatic heterocycles. The van der Waals surface area contributed by atoms with Gasteiger partial charge in [-0.25, -0.2) is 0 Å². The van der Waals surface area contributed by atoms with Gasteiger partial charge in [0.1, 0.15) is 0 Å². The van der Waals surface area contributed by atoms with Gasteiger partial charge in [0.15, 0.2) is 0 Å². The fraction of sp³-hybridized carbons (Fsp3) is 0.583. The summed E-state index contributed by atoms with van der Waals surface area (Å²) >= 11 is 4.81. The van der Waals surface area contributed by atoms with Crippen molar-refractivity contribution < 1.29 is 9.53 Å². The molecule has 2 atom stereocenters. The van der Waals surface area contributed by atoms with Crippen molar-refractivity contribution in [2.24, 2.45) is 5.92 Å². The lowest BCUT2D eigenvalue weighted by atomic mass is 10.0. The largest absolute Gasteiger partial charge is 0.381 e. The Balaban J connectivity index is 1.81. The molecule has 1 aromatic rings. The average molecular weight is 318 g/mol. The molecule has 94 valence electrons. The van der Waals surface area contributed by atoms with Crippen molar-refractivity contribution in [3.05, 3.63) is 20.8 Å². The first-order chi connectivity index (χ1) is 8.15. The molecule has 0 saturated carbocycles. The Hall–Kier alpha value is -0.390. The highest BCUT2D eigenvalue weighted by Crippen LogP contribution is 2.21. The molecule has 0 spiro atoms. The lowest BCUT2D eigenvalue weighted by molar-refractivity contribution is 0.0937. The van der Waals surface area contributed by atoms with Crippen LogP contribution >= 0.6 is 27.3 Å². The standard InChI is InChI=1S/C12H16BrNO2S/c1-8(4-9-2-3-16-6-9)14-12(15)11-5-10(13)7-17-11/h5,7-9H,2-4,6H2,1H3,(H,14,15). The molecule has 2 heterocycles. The van der Waals surface area contributed by atoms with E-state index in [0.717, 1.165) is 35.4 Å². The van der Waals surface area contributed by atoms with Gasteiger partial charge in [0.25, 0.3) is 5.91 Å². The van der Waals surface area contributed by atoms with Gasteiger partial charge in [0, 0.05) is 29.1 Å². The molecule has 0 aliphatic carbocycles. The molecule has 2 unspecified atom stereocenters. The Labute approximate surface area is 114 Å². The van der Waals surface area contributed by atoms with Crippen molar-refractivity contribution in [3.8, 4) is 0 Å². The molecule has 1 N–H and O–H groups in total. The van der Waals surface area contributed by atoms with Gasteiger partial charge in [-0.1, -0.05) is 0 Å². The van der Waals surface area contributed by atoms with Crippen molar-refractivity contribution in [3.63, 3.8) is 0 Å². The second kappa shape index (κ2) is 5.98. The summed E-state index contributed by atoms with van der Waals surface area (Å²) in [5.41, 5.74) is 0. The minimum atomic E-state index is 0.0205. The van der Waals surface area contributed by atoms with Gasteiger partial charge in [0.2, 0.25) is 0 Å². The second-order valence-corrected chi connectivity index (χ2v) is 6.30. The number of hydrogen-bond acceptors (Lipinski definition) is 3. The molecule has 1 aliphatic heterocycles. The number of rotatable bonds is 4. The van der Waals surface area contributed by atoms with Crippen LogP contribution in [0.25, 0.3) is 0 Å². The fourth-order valence-electron chi connectivity index (χ4n) is 2.06. The van der Waals surface area contributed by atoms with Gasteiger partial charge in [-0.2, -0.15) is 0 Å². The van der Waals surface area contributed by atoms with E-state index in [9.17, 15) is 4.79 Å². The van der Waals surface area contributed by atoms with Crippen LogP contribution in [0.5, 0.6) is 0 Å². The zero-order valence-electron chi connectivity index (χ0n) is 9.74. The van der Waals surface area contributed by atoms with Gasteiger partial charge in [-0.05, 0) is 47.7 Å². The summed E-state index contributed by atoms with van der Waals surface area (Å²) in [7, 11) is 0. The molecule has 1 aliphatic rings. The maximum absolute atomic E-state index is 11.9. The first-order valence-electron chi connectivity index (χ1n) is 5.78. The van der Waals surface area contributed by atoms with E-state index in [4.69, 9.17) is 4.74 Å². The smallest absolute Gasteiger partial charge is 0.261 e. The van der Waals surface area contributed by atoms with Gasteiger partial charge >= 0.3 is 0 Å². The zero-order valence-corrected chi connectivity index (χ0v) is 12.1. The number of hydrogen-bond donors (Lipinski definition) is 1. The van der Waals surface area contributed by atoms with Crippen LogP contribution in [0.3, 0.4) is 0 Å². The molecule has 0 aromatic carbocycles. The van der Waals surface area contributed by atoms with Crippen LogP contribution in [0.15, 0.2) is 15.9 Å². The van der Waals surface area contributed by atoms with E-state index >= 15 is 0 Å². The first kappa shape index (κ1) is 13.1. The van der Waals surface area contributed by atoms with Crippen molar-refractivity contribution in [2.45, 2.75) is 25.8 Å². The SMILES string of the molecule is CC(CC1CCOC1)NC(=O)c1cc(Br)cs1. The van der Waals surface area contributed by atoms with Crippen LogP contribution in [0, 0.1) is 5.92 Å². The number of carbonyl (C=O) groups excluding carboxylic acids is 1. The van der Waals surface area contributed by atoms with E-state index < -0.39 is 0 Å². The van der Waals surface area contributed by atoms with Crippen molar-refractivity contribution in [1.82, 2.24) is 5.32 Å². The van der Waals surface area contributed by atoms with E-state index in [1.807, 2.05) is 11.4 Å². The highest BCUT2D eigenvalue weighted by molar-refractivity contribution is 9.10. The van der Waals surface area contributed by atoms with Gasteiger partial charge < -0.3 is 10.1 Å². The third-order valence-corrected chi connectivity index (χ3v) is 4.57. The maximum atomic E-state index is 11.9. The zero-order chi connectivity index (χ0) is 12.3. The first-order valence-corrected chi connectivity index (χ1v) is 7.45. The third kappa shape index (κ3) is 3.79. The molecule has 3 nitrogen and oxygen atoms in total. The van der Waals surface area contributed by atoms with Crippen LogP contribution in [0.1, 0.15) is 29.4 Å². The Kier molecular flexibility index (Phi) is 4.59. The summed E-state index contributed by atoms with van der Waals surface area (Å²) in [6.07, 6.45) is 2.11. The summed E-state index contributed by atoms with van der Waals surface area (Å²) in [6.45, 7) is 3.76. The van der Waals surface area contributed by atoms with Crippen LogP contribution in [-0.4, -0.2) is 25.2 Å². The lowest BCUT2D eigenvalue weighted by Gasteiger charge is -2.16. The Bertz CT molecular complexity index is 388. The summed E-state index contributed by atoms with van der Waals surface area (Å²) in [4.78, 5) is 12.6. The molecule has 0 radical (unpaired) electrons. The topological polar surface area (TPSA) is 38.3 Å². The van der Waals surface area contributed by atoms with Crippen LogP contribution in [-0.2, 0) is 4.74 Å². The highest BCUT2D eigenvalue weighted by Gasteiger charge is 2.20. The number of nitrogens with one attached hydrogen (secondary N) is 1. The predicted molar refractivity (Wildman–Crippen MR) is 72.5 cm³/mol. The molecule has 0 bridgehead atoms. The Morgan fingerprint density at radius 3 is 3.18 bits per heavy atom. The Morgan fingerprint density at radius 1 is 1.76 bits per heavy atom. The van der Waals surface area contributed by atoms with Gasteiger partial charge in [-0.3, -0.25) is 4.79 Å². The number of ether oxygens (including phenoxy) is 1. The average Bonchev–Trinajstić information content (AvgIpc) is 2.89. The second-order valence-electron chi connectivity index (χ2n) is 4.47. The number of amides is 1. The maximum Gasteiger partial charge on any atom is 0.261 e. The molecule has 1 fully saturated rings. The fourth-order valence-corrected chi connectivity index (χ4v) is 3.38. The monoisotopic (exact) mass is 317 g/mol. The lowest BCUT2D eigenvalue weighted by Crippen LogP contribution is -2.33. The molecule has 1 amide bonds. The van der Waals surface area contributed by atoms with E-state index in [0.29, 0.717) is 5.92 Å². The number of thiophene rings is 1. The predicted octanol–water partition coefficient (Wildman–Crippen LogP) is 3.06. The van der Waals surface area contributed by atoms with E-state index in [2.05, 4.69) is 28.2 Å². The van der Waals surface area contributed by atoms with Crippen molar-refractivity contribution >= 4 is 33.2 Å². The minimum Gasteiger partial charge on any atom is -0.381 e. The van der Waals surface area contributed by atoms with Crippen molar-refractivity contribution in [2.75, 3.05) is 13.2 Å². The summed E-state index contributed by atoms with van der Waals surface area (Å²) < 4.78 is 6.30. The van der Waals surface area contributed by atoms with Crippen molar-refractivity contribution in [1.29, 1.82) is 0 Å². The van der Waals surface area contributed by atoms with Crippen LogP contribution in [0.4, 0.5) is 0 Å². The number of carbonyl (C=O) groups is 1. The minimum absolute atomic E-state index is 0.0205. The van der Waals surface area contributed by atoms with Crippen LogP contribution < -0.4 is 5.32 Å².